The Kier molecular flexibility index (Phi) is 9.00. The number of nitrogens with one attached hydrogen (secondary N) is 1. The molecule has 15 heteroatoms. The number of hydrogen-bond donors (Lipinski definition) is 8. The molecular weight excluding hydrogens is 722 g/mol. The number of phenolic OH excluding ortho intramolecular Hbond substituents is 2. The van der Waals surface area contributed by atoms with E-state index < -0.39 is 92.1 Å². The summed E-state index contributed by atoms with van der Waals surface area (Å²) in [7, 11) is 2.91. The smallest absolute Gasteiger partial charge is 0.255 e. The van der Waals surface area contributed by atoms with Gasteiger partial charge in [0.1, 0.15) is 27.7 Å². The summed E-state index contributed by atoms with van der Waals surface area (Å²) in [6.45, 7) is 1.60. The summed E-state index contributed by atoms with van der Waals surface area (Å²) in [6, 6.07) is 7.29. The highest BCUT2D eigenvalue weighted by Gasteiger charge is 2.67. The Bertz CT molecular complexity index is 1690. The maximum absolute atomic E-state index is 14.0. The lowest BCUT2D eigenvalue weighted by Crippen LogP contribution is -2.68. The van der Waals surface area contributed by atoms with Crippen molar-refractivity contribution in [1.82, 2.24) is 4.90 Å². The molecule has 13 nitrogen and oxygen atoms in total. The van der Waals surface area contributed by atoms with E-state index >= 15 is 0 Å². The van der Waals surface area contributed by atoms with E-state index in [0.29, 0.717) is 5.56 Å². The molecule has 9 N–H and O–H groups in total. The van der Waals surface area contributed by atoms with E-state index in [4.69, 9.17) is 5.73 Å². The Morgan fingerprint density at radius 2 is 1.64 bits per heavy atom. The molecule has 0 fully saturated rings. The third-order valence-electron chi connectivity index (χ3n) is 8.81. The zero-order chi connectivity index (χ0) is 32.6. The van der Waals surface area contributed by atoms with Crippen LogP contribution in [0, 0.1) is 11.8 Å². The van der Waals surface area contributed by atoms with Crippen LogP contribution in [-0.2, 0) is 14.4 Å². The predicted molar refractivity (Wildman–Crippen MR) is 169 cm³/mol. The average Bonchev–Trinajstić information content (AvgIpc) is 2.95. The molecule has 0 aromatic heterocycles. The number of hydrogen-bond acceptors (Lipinski definition) is 11. The van der Waals surface area contributed by atoms with Gasteiger partial charge in [0, 0.05) is 11.5 Å². The summed E-state index contributed by atoms with van der Waals surface area (Å²) < 4.78 is 0. The molecule has 3 aliphatic rings. The fourth-order valence-electron chi connectivity index (χ4n) is 6.71. The minimum atomic E-state index is -3.03. The third kappa shape index (κ3) is 4.93. The van der Waals surface area contributed by atoms with Gasteiger partial charge in [-0.15, -0.1) is 17.0 Å². The molecule has 2 aromatic carbocycles. The Balaban J connectivity index is 0.00000461. The summed E-state index contributed by atoms with van der Waals surface area (Å²) >= 11 is 3.26. The molecule has 0 aliphatic heterocycles. The lowest BCUT2D eigenvalue weighted by atomic mass is 9.55. The molecule has 45 heavy (non-hydrogen) atoms. The number of benzene rings is 2. The molecule has 2 aromatic rings. The number of halogens is 2. The van der Waals surface area contributed by atoms with Crippen LogP contribution < -0.4 is 11.1 Å². The SMILES string of the molecule is Br.CC1c2ccc(NC(=O)C(Br)c3ccc(O)cc3)c(O)c2C(=O)C2=C(O)C3(O)C(=O)C(C(N)=O)=C(O)[C@@H](N(C)C)C3C(O)C21. The van der Waals surface area contributed by atoms with Crippen molar-refractivity contribution in [3.63, 3.8) is 0 Å². The van der Waals surface area contributed by atoms with Crippen molar-refractivity contribution < 1.29 is 49.8 Å². The van der Waals surface area contributed by atoms with E-state index in [1.54, 1.807) is 6.92 Å². The van der Waals surface area contributed by atoms with Crippen LogP contribution in [0.3, 0.4) is 0 Å². The average molecular weight is 753 g/mol. The number of carbonyl (C=O) groups is 4. The van der Waals surface area contributed by atoms with Crippen molar-refractivity contribution in [2.75, 3.05) is 19.4 Å². The predicted octanol–water partition coefficient (Wildman–Crippen LogP) is 2.01. The highest BCUT2D eigenvalue weighted by Crippen LogP contribution is 2.56. The molecule has 0 saturated carbocycles. The van der Waals surface area contributed by atoms with Gasteiger partial charge in [0.15, 0.2) is 17.1 Å². The van der Waals surface area contributed by atoms with Crippen LogP contribution >= 0.6 is 32.9 Å². The number of rotatable bonds is 5. The number of aromatic hydroxyl groups is 2. The van der Waals surface area contributed by atoms with Crippen molar-refractivity contribution in [2.45, 2.75) is 35.4 Å². The molecule has 0 bridgehead atoms. The molecule has 3 aliphatic carbocycles. The number of primary amides is 1. The van der Waals surface area contributed by atoms with Gasteiger partial charge < -0.3 is 41.7 Å². The second kappa shape index (κ2) is 11.9. The maximum Gasteiger partial charge on any atom is 0.255 e. The van der Waals surface area contributed by atoms with E-state index in [2.05, 4.69) is 21.2 Å². The molecule has 0 radical (unpaired) electrons. The first kappa shape index (κ1) is 34.1. The monoisotopic (exact) mass is 751 g/mol. The summed E-state index contributed by atoms with van der Waals surface area (Å²) in [5.74, 6) is -10.7. The number of alkyl halides is 1. The molecule has 7 atom stereocenters. The van der Waals surface area contributed by atoms with Crippen LogP contribution in [0.1, 0.15) is 39.2 Å². The molecule has 6 unspecified atom stereocenters. The number of likely N-dealkylation sites (N-methyl/N-ethyl adjacent to an activating group) is 1. The lowest BCUT2D eigenvalue weighted by Gasteiger charge is -2.53. The van der Waals surface area contributed by atoms with E-state index in [0.717, 1.165) is 0 Å². The molecular formula is C30H31Br2N3O10. The number of anilines is 1. The molecule has 5 rings (SSSR count). The quantitative estimate of drug-likeness (QED) is 0.125. The number of aliphatic hydroxyl groups is 4. The zero-order valence-electron chi connectivity index (χ0n) is 24.1. The van der Waals surface area contributed by atoms with E-state index in [1.165, 1.54) is 55.4 Å². The molecule has 0 spiro atoms. The van der Waals surface area contributed by atoms with Crippen molar-refractivity contribution >= 4 is 62.0 Å². The first-order chi connectivity index (χ1) is 20.5. The Labute approximate surface area is 275 Å². The minimum Gasteiger partial charge on any atom is -0.510 e. The van der Waals surface area contributed by atoms with Gasteiger partial charge in [-0.25, -0.2) is 0 Å². The number of ketones is 2. The highest BCUT2D eigenvalue weighted by molar-refractivity contribution is 9.09. The first-order valence-corrected chi connectivity index (χ1v) is 14.4. The summed E-state index contributed by atoms with van der Waals surface area (Å²) in [6.07, 6.45) is -1.72. The lowest BCUT2D eigenvalue weighted by molar-refractivity contribution is -0.162. The van der Waals surface area contributed by atoms with Gasteiger partial charge in [0.05, 0.1) is 29.3 Å². The maximum atomic E-state index is 14.0. The fourth-order valence-corrected chi connectivity index (χ4v) is 7.13. The zero-order valence-corrected chi connectivity index (χ0v) is 27.4. The normalized spacial score (nSPS) is 28.1. The van der Waals surface area contributed by atoms with Crippen LogP contribution in [0.25, 0.3) is 0 Å². The van der Waals surface area contributed by atoms with Crippen LogP contribution in [0.4, 0.5) is 5.69 Å². The van der Waals surface area contributed by atoms with E-state index in [1.807, 2.05) is 0 Å². The van der Waals surface area contributed by atoms with Crippen molar-refractivity contribution in [3.05, 3.63) is 75.8 Å². The number of fused-ring (bicyclic) bond motifs is 3. The number of carbonyl (C=O) groups excluding carboxylic acids is 4. The first-order valence-electron chi connectivity index (χ1n) is 13.5. The van der Waals surface area contributed by atoms with Crippen LogP contribution in [0.5, 0.6) is 11.5 Å². The number of aliphatic hydroxyl groups excluding tert-OH is 3. The minimum absolute atomic E-state index is 0. The fraction of sp³-hybridized carbons (Fsp3) is 0.333. The molecule has 2 amide bonds. The molecule has 0 saturated heterocycles. The molecule has 240 valence electrons. The number of amides is 2. The topological polar surface area (TPSA) is 231 Å². The summed E-state index contributed by atoms with van der Waals surface area (Å²) in [5.41, 5.74) is 1.02. The van der Waals surface area contributed by atoms with Gasteiger partial charge in [0.2, 0.25) is 11.7 Å². The van der Waals surface area contributed by atoms with Crippen LogP contribution in [0.15, 0.2) is 59.1 Å². The van der Waals surface area contributed by atoms with Gasteiger partial charge in [-0.2, -0.15) is 0 Å². The van der Waals surface area contributed by atoms with Crippen molar-refractivity contribution in [3.8, 4) is 11.5 Å². The number of nitrogens with two attached hydrogens (primary N) is 1. The van der Waals surface area contributed by atoms with Gasteiger partial charge in [-0.05, 0) is 49.3 Å². The Morgan fingerprint density at radius 3 is 2.20 bits per heavy atom. The number of nitrogens with zero attached hydrogens (tertiary/aromatic N) is 1. The van der Waals surface area contributed by atoms with Gasteiger partial charge in [-0.1, -0.05) is 41.1 Å². The van der Waals surface area contributed by atoms with Crippen LogP contribution in [-0.4, -0.2) is 90.8 Å². The van der Waals surface area contributed by atoms with Crippen molar-refractivity contribution in [2.24, 2.45) is 17.6 Å². The number of Topliss-reactive ketones (excluding diaryl/α,β-unsaturated/α-hetero) is 2. The van der Waals surface area contributed by atoms with Gasteiger partial charge >= 0.3 is 0 Å². The summed E-state index contributed by atoms with van der Waals surface area (Å²) in [4.78, 5) is 53.1. The standard InChI is InChI=1S/C30H30BrN3O10.BrH/c1-10-13-8-9-14(33-29(43)20(31)11-4-6-12(35)7-5-11)22(36)16(13)23(37)17-15(10)24(38)19-21(34(2)3)25(39)18(28(32)42)27(41)30(19,44)26(17)40;/h4-10,15,19-21,24,35-36,38-40,44H,1-3H3,(H2,32,42)(H,33,43);1H/t10?,15?,19?,20?,21-,24?,30?;/m0./s1. The Hall–Kier alpha value is -3.76. The van der Waals surface area contributed by atoms with Gasteiger partial charge in [0.25, 0.3) is 5.91 Å². The van der Waals surface area contributed by atoms with Crippen LogP contribution in [0.2, 0.25) is 0 Å². The van der Waals surface area contributed by atoms with E-state index in [-0.39, 0.29) is 39.5 Å². The second-order valence-corrected chi connectivity index (χ2v) is 12.3. The van der Waals surface area contributed by atoms with E-state index in [9.17, 15) is 49.8 Å². The van der Waals surface area contributed by atoms with Gasteiger partial charge in [-0.3, -0.25) is 24.1 Å². The Morgan fingerprint density at radius 1 is 1.04 bits per heavy atom. The third-order valence-corrected chi connectivity index (χ3v) is 9.75. The number of phenols is 2. The largest absolute Gasteiger partial charge is 0.510 e. The molecule has 0 heterocycles. The van der Waals surface area contributed by atoms with Crippen molar-refractivity contribution in [1.29, 1.82) is 0 Å². The highest BCUT2D eigenvalue weighted by atomic mass is 79.9. The second-order valence-electron chi connectivity index (χ2n) is 11.4. The summed E-state index contributed by atoms with van der Waals surface area (Å²) in [5, 5.41) is 69.1.